The molecule has 0 radical (unpaired) electrons. The molecule has 1 aromatic carbocycles. The third-order valence-corrected chi connectivity index (χ3v) is 3.83. The van der Waals surface area contributed by atoms with Crippen molar-refractivity contribution in [1.82, 2.24) is 5.32 Å². The highest BCUT2D eigenvalue weighted by atomic mass is 16.5. The van der Waals surface area contributed by atoms with Crippen molar-refractivity contribution in [3.63, 3.8) is 0 Å². The summed E-state index contributed by atoms with van der Waals surface area (Å²) in [5.74, 6) is -0.194. The van der Waals surface area contributed by atoms with Crippen molar-refractivity contribution in [2.75, 3.05) is 38.8 Å². The molecule has 0 aliphatic carbocycles. The fourth-order valence-electron chi connectivity index (χ4n) is 2.55. The summed E-state index contributed by atoms with van der Waals surface area (Å²) in [6.45, 7) is 2.01. The number of hydrogen-bond acceptors (Lipinski definition) is 4. The van der Waals surface area contributed by atoms with Crippen molar-refractivity contribution >= 4 is 17.5 Å². The van der Waals surface area contributed by atoms with E-state index in [9.17, 15) is 9.59 Å². The maximum Gasteiger partial charge on any atom is 0.227 e. The zero-order valence-corrected chi connectivity index (χ0v) is 13.5. The number of ether oxygens (including phenoxy) is 2. The Morgan fingerprint density at radius 3 is 2.96 bits per heavy atom. The molecule has 0 aromatic heterocycles. The van der Waals surface area contributed by atoms with Gasteiger partial charge in [0.25, 0.3) is 0 Å². The average Bonchev–Trinajstić information content (AvgIpc) is 2.56. The van der Waals surface area contributed by atoms with Crippen LogP contribution in [0.1, 0.15) is 18.4 Å². The van der Waals surface area contributed by atoms with Gasteiger partial charge in [0.2, 0.25) is 11.8 Å². The topological polar surface area (TPSA) is 76.7 Å². The molecule has 0 spiro atoms. The van der Waals surface area contributed by atoms with E-state index < -0.39 is 0 Å². The first-order valence-electron chi connectivity index (χ1n) is 7.93. The van der Waals surface area contributed by atoms with Crippen LogP contribution in [0.4, 0.5) is 5.69 Å². The van der Waals surface area contributed by atoms with Crippen LogP contribution in [0.15, 0.2) is 24.3 Å². The lowest BCUT2D eigenvalue weighted by Gasteiger charge is -2.24. The van der Waals surface area contributed by atoms with Crippen LogP contribution in [0, 0.1) is 5.92 Å². The Bertz CT molecular complexity index is 533. The zero-order valence-electron chi connectivity index (χ0n) is 13.5. The van der Waals surface area contributed by atoms with Crippen LogP contribution in [0.2, 0.25) is 0 Å². The molecular formula is C17H24N2O4. The number of rotatable bonds is 9. The number of nitrogens with one attached hydrogen (secondary N) is 2. The predicted octanol–water partition coefficient (Wildman–Crippen LogP) is 1.36. The van der Waals surface area contributed by atoms with Gasteiger partial charge in [-0.25, -0.2) is 0 Å². The average molecular weight is 320 g/mol. The molecule has 0 saturated heterocycles. The van der Waals surface area contributed by atoms with Crippen molar-refractivity contribution in [3.05, 3.63) is 29.8 Å². The van der Waals surface area contributed by atoms with Gasteiger partial charge in [-0.15, -0.1) is 0 Å². The van der Waals surface area contributed by atoms with E-state index in [-0.39, 0.29) is 17.7 Å². The molecule has 126 valence electrons. The third kappa shape index (κ3) is 5.65. The van der Waals surface area contributed by atoms with Crippen LogP contribution < -0.4 is 10.6 Å². The molecule has 2 N–H and O–H groups in total. The molecule has 23 heavy (non-hydrogen) atoms. The third-order valence-electron chi connectivity index (χ3n) is 3.83. The van der Waals surface area contributed by atoms with Gasteiger partial charge in [0.15, 0.2) is 0 Å². The number of hydrogen-bond donors (Lipinski definition) is 2. The monoisotopic (exact) mass is 320 g/mol. The van der Waals surface area contributed by atoms with E-state index >= 15 is 0 Å². The molecule has 2 rings (SSSR count). The van der Waals surface area contributed by atoms with Gasteiger partial charge < -0.3 is 20.1 Å². The molecule has 1 atom stereocenters. The Morgan fingerprint density at radius 1 is 1.30 bits per heavy atom. The molecule has 0 fully saturated rings. The zero-order chi connectivity index (χ0) is 16.5. The van der Waals surface area contributed by atoms with E-state index in [1.807, 2.05) is 24.3 Å². The molecule has 6 heteroatoms. The Balaban J connectivity index is 1.66. The highest BCUT2D eigenvalue weighted by molar-refractivity contribution is 5.96. The molecule has 1 heterocycles. The first-order chi connectivity index (χ1) is 11.2. The highest BCUT2D eigenvalue weighted by Gasteiger charge is 2.26. The Labute approximate surface area is 136 Å². The second-order valence-corrected chi connectivity index (χ2v) is 5.54. The molecule has 0 bridgehead atoms. The number of benzene rings is 1. The second kappa shape index (κ2) is 9.27. The summed E-state index contributed by atoms with van der Waals surface area (Å²) < 4.78 is 10.1. The van der Waals surface area contributed by atoms with Gasteiger partial charge in [-0.05, 0) is 24.5 Å². The number of anilines is 1. The lowest BCUT2D eigenvalue weighted by molar-refractivity contribution is -0.123. The van der Waals surface area contributed by atoms with Gasteiger partial charge in [-0.1, -0.05) is 18.2 Å². The van der Waals surface area contributed by atoms with Crippen molar-refractivity contribution < 1.29 is 19.1 Å². The summed E-state index contributed by atoms with van der Waals surface area (Å²) >= 11 is 0. The van der Waals surface area contributed by atoms with Gasteiger partial charge in [0.1, 0.15) is 0 Å². The van der Waals surface area contributed by atoms with Crippen LogP contribution in [-0.4, -0.2) is 45.3 Å². The standard InChI is InChI=1S/C17H24N2O4/c1-22-10-11-23-9-8-18-16(20)7-6-14-12-13-4-2-3-5-15(13)19-17(14)21/h2-5,14H,6-12H2,1H3,(H,18,20)(H,19,21). The maximum absolute atomic E-state index is 12.1. The summed E-state index contributed by atoms with van der Waals surface area (Å²) in [5, 5.41) is 5.70. The number of amides is 2. The summed E-state index contributed by atoms with van der Waals surface area (Å²) in [4.78, 5) is 23.9. The van der Waals surface area contributed by atoms with Gasteiger partial charge >= 0.3 is 0 Å². The summed E-state index contributed by atoms with van der Waals surface area (Å²) in [6.07, 6.45) is 1.59. The van der Waals surface area contributed by atoms with Crippen LogP contribution in [0.5, 0.6) is 0 Å². The number of carbonyl (C=O) groups is 2. The molecule has 1 unspecified atom stereocenters. The fraction of sp³-hybridized carbons (Fsp3) is 0.529. The van der Waals surface area contributed by atoms with Gasteiger partial charge in [0, 0.05) is 31.7 Å². The van der Waals surface area contributed by atoms with Gasteiger partial charge in [-0.2, -0.15) is 0 Å². The van der Waals surface area contributed by atoms with Gasteiger partial charge in [0.05, 0.1) is 19.8 Å². The first kappa shape index (κ1) is 17.4. The minimum Gasteiger partial charge on any atom is -0.382 e. The lowest BCUT2D eigenvalue weighted by Crippen LogP contribution is -2.32. The SMILES string of the molecule is COCCOCCNC(=O)CCC1Cc2ccccc2NC1=O. The summed E-state index contributed by atoms with van der Waals surface area (Å²) in [5.41, 5.74) is 2.01. The van der Waals surface area contributed by atoms with Crippen molar-refractivity contribution in [2.24, 2.45) is 5.92 Å². The molecule has 2 amide bonds. The highest BCUT2D eigenvalue weighted by Crippen LogP contribution is 2.27. The molecule has 1 aliphatic heterocycles. The van der Waals surface area contributed by atoms with E-state index in [0.29, 0.717) is 45.6 Å². The molecule has 1 aliphatic rings. The minimum absolute atomic E-state index is 0.000557. The Morgan fingerprint density at radius 2 is 2.13 bits per heavy atom. The Kier molecular flexibility index (Phi) is 7.03. The first-order valence-corrected chi connectivity index (χ1v) is 7.93. The van der Waals surface area contributed by atoms with Crippen LogP contribution in [0.25, 0.3) is 0 Å². The largest absolute Gasteiger partial charge is 0.382 e. The fourth-order valence-corrected chi connectivity index (χ4v) is 2.55. The number of carbonyl (C=O) groups excluding carboxylic acids is 2. The number of para-hydroxylation sites is 1. The van der Waals surface area contributed by atoms with Crippen LogP contribution in [-0.2, 0) is 25.5 Å². The predicted molar refractivity (Wildman–Crippen MR) is 87.2 cm³/mol. The van der Waals surface area contributed by atoms with E-state index in [2.05, 4.69) is 10.6 Å². The second-order valence-electron chi connectivity index (χ2n) is 5.54. The quantitative estimate of drug-likeness (QED) is 0.674. The van der Waals surface area contributed by atoms with Crippen LogP contribution in [0.3, 0.4) is 0 Å². The summed E-state index contributed by atoms with van der Waals surface area (Å²) in [7, 11) is 1.62. The van der Waals surface area contributed by atoms with E-state index in [1.165, 1.54) is 0 Å². The molecular weight excluding hydrogens is 296 g/mol. The van der Waals surface area contributed by atoms with Crippen molar-refractivity contribution in [2.45, 2.75) is 19.3 Å². The lowest BCUT2D eigenvalue weighted by atomic mass is 9.89. The number of fused-ring (bicyclic) bond motifs is 1. The molecule has 0 saturated carbocycles. The van der Waals surface area contributed by atoms with Crippen molar-refractivity contribution in [1.29, 1.82) is 0 Å². The molecule has 1 aromatic rings. The van der Waals surface area contributed by atoms with Crippen LogP contribution >= 0.6 is 0 Å². The van der Waals surface area contributed by atoms with Crippen molar-refractivity contribution in [3.8, 4) is 0 Å². The van der Waals surface area contributed by atoms with E-state index in [1.54, 1.807) is 7.11 Å². The summed E-state index contributed by atoms with van der Waals surface area (Å²) in [6, 6.07) is 7.78. The van der Waals surface area contributed by atoms with E-state index in [0.717, 1.165) is 11.3 Å². The normalized spacial score (nSPS) is 16.6. The molecule has 6 nitrogen and oxygen atoms in total. The smallest absolute Gasteiger partial charge is 0.227 e. The van der Waals surface area contributed by atoms with E-state index in [4.69, 9.17) is 9.47 Å². The Hall–Kier alpha value is -1.92. The van der Waals surface area contributed by atoms with Gasteiger partial charge in [-0.3, -0.25) is 9.59 Å². The maximum atomic E-state index is 12.1. The number of methoxy groups -OCH3 is 1. The minimum atomic E-state index is -0.145.